The Labute approximate surface area is 131 Å². The number of hydrogen-bond acceptors (Lipinski definition) is 4. The molecule has 0 bridgehead atoms. The quantitative estimate of drug-likeness (QED) is 0.849. The number of amides is 1. The average Bonchev–Trinajstić information content (AvgIpc) is 2.55. The lowest BCUT2D eigenvalue weighted by Gasteiger charge is -2.29. The van der Waals surface area contributed by atoms with E-state index in [0.717, 1.165) is 19.3 Å². The lowest BCUT2D eigenvalue weighted by atomic mass is 9.86. The van der Waals surface area contributed by atoms with E-state index in [1.54, 1.807) is 24.3 Å². The van der Waals surface area contributed by atoms with Crippen molar-refractivity contribution in [2.24, 2.45) is 5.92 Å². The monoisotopic (exact) mass is 305 g/mol. The molecule has 1 amide bonds. The topological polar surface area (TPSA) is 64.6 Å². The second-order valence-corrected chi connectivity index (χ2v) is 5.74. The maximum Gasteiger partial charge on any atom is 0.338 e. The van der Waals surface area contributed by atoms with Crippen molar-refractivity contribution < 1.29 is 19.1 Å². The van der Waals surface area contributed by atoms with Crippen molar-refractivity contribution in [3.05, 3.63) is 29.8 Å². The molecule has 0 heterocycles. The molecule has 1 aromatic carbocycles. The number of rotatable bonds is 5. The first-order valence-corrected chi connectivity index (χ1v) is 7.70. The zero-order valence-electron chi connectivity index (χ0n) is 13.1. The Hall–Kier alpha value is -2.04. The number of benzene rings is 1. The van der Waals surface area contributed by atoms with Gasteiger partial charge in [-0.15, -0.1) is 0 Å². The summed E-state index contributed by atoms with van der Waals surface area (Å²) in [6, 6.07) is 6.86. The van der Waals surface area contributed by atoms with Crippen molar-refractivity contribution >= 4 is 11.9 Å². The van der Waals surface area contributed by atoms with Crippen LogP contribution in [0.25, 0.3) is 0 Å². The van der Waals surface area contributed by atoms with Crippen LogP contribution in [0.2, 0.25) is 0 Å². The molecular formula is C17H23NO4. The maximum absolute atomic E-state index is 11.9. The Bertz CT molecular complexity index is 529. The maximum atomic E-state index is 11.9. The predicted molar refractivity (Wildman–Crippen MR) is 82.8 cm³/mol. The Morgan fingerprint density at radius 3 is 2.77 bits per heavy atom. The van der Waals surface area contributed by atoms with Crippen LogP contribution in [-0.2, 0) is 9.53 Å². The van der Waals surface area contributed by atoms with Crippen molar-refractivity contribution in [1.29, 1.82) is 0 Å². The number of hydrogen-bond donors (Lipinski definition) is 1. The lowest BCUT2D eigenvalue weighted by molar-refractivity contribution is -0.125. The summed E-state index contributed by atoms with van der Waals surface area (Å²) in [6.07, 6.45) is 4.49. The van der Waals surface area contributed by atoms with E-state index in [1.165, 1.54) is 13.5 Å². The van der Waals surface area contributed by atoms with Gasteiger partial charge in [0.05, 0.1) is 12.7 Å². The molecule has 1 aliphatic carbocycles. The van der Waals surface area contributed by atoms with Crippen molar-refractivity contribution in [3.8, 4) is 5.75 Å². The Morgan fingerprint density at radius 2 is 2.05 bits per heavy atom. The molecule has 0 radical (unpaired) electrons. The van der Waals surface area contributed by atoms with Crippen LogP contribution in [0.15, 0.2) is 24.3 Å². The van der Waals surface area contributed by atoms with Crippen molar-refractivity contribution in [2.75, 3.05) is 13.7 Å². The molecular weight excluding hydrogens is 282 g/mol. The Kier molecular flexibility index (Phi) is 5.81. The summed E-state index contributed by atoms with van der Waals surface area (Å²) in [4.78, 5) is 23.8. The highest BCUT2D eigenvalue weighted by Gasteiger charge is 2.23. The van der Waals surface area contributed by atoms with Crippen LogP contribution in [0, 0.1) is 5.92 Å². The second kappa shape index (κ2) is 7.82. The van der Waals surface area contributed by atoms with Crippen LogP contribution >= 0.6 is 0 Å². The molecule has 1 fully saturated rings. The Balaban J connectivity index is 1.81. The number of carbonyl (C=O) groups excluding carboxylic acids is 2. The zero-order chi connectivity index (χ0) is 15.9. The van der Waals surface area contributed by atoms with Crippen LogP contribution in [0.1, 0.15) is 43.0 Å². The van der Waals surface area contributed by atoms with Gasteiger partial charge in [-0.2, -0.15) is 0 Å². The van der Waals surface area contributed by atoms with Gasteiger partial charge < -0.3 is 14.8 Å². The summed E-state index contributed by atoms with van der Waals surface area (Å²) in [5.41, 5.74) is 0.373. The fraction of sp³-hybridized carbons (Fsp3) is 0.529. The van der Waals surface area contributed by atoms with Crippen molar-refractivity contribution in [1.82, 2.24) is 5.32 Å². The molecule has 1 aromatic rings. The van der Waals surface area contributed by atoms with Gasteiger partial charge in [-0.3, -0.25) is 4.79 Å². The minimum absolute atomic E-state index is 0.191. The molecule has 2 rings (SSSR count). The van der Waals surface area contributed by atoms with E-state index < -0.39 is 5.97 Å². The predicted octanol–water partition coefficient (Wildman–Crippen LogP) is 2.55. The fourth-order valence-corrected chi connectivity index (χ4v) is 2.74. The standard InChI is InChI=1S/C17H23NO4/c1-12-6-3-4-9-15(12)18-16(19)11-22-17(20)13-7-5-8-14(10-13)21-2/h5,7-8,10,12,15H,3-4,6,9,11H2,1-2H3,(H,18,19)/t12-,15-/m0/s1. The lowest BCUT2D eigenvalue weighted by Crippen LogP contribution is -2.42. The van der Waals surface area contributed by atoms with Gasteiger partial charge in [0, 0.05) is 6.04 Å². The smallest absolute Gasteiger partial charge is 0.338 e. The molecule has 0 saturated heterocycles. The van der Waals surface area contributed by atoms with Gasteiger partial charge in [0.2, 0.25) is 0 Å². The van der Waals surface area contributed by atoms with Crippen molar-refractivity contribution in [3.63, 3.8) is 0 Å². The fourth-order valence-electron chi connectivity index (χ4n) is 2.74. The first kappa shape index (κ1) is 16.3. The SMILES string of the molecule is COc1cccc(C(=O)OCC(=O)N[C@H]2CCCC[C@@H]2C)c1. The van der Waals surface area contributed by atoms with Gasteiger partial charge in [-0.05, 0) is 37.0 Å². The average molecular weight is 305 g/mol. The third-order valence-corrected chi connectivity index (χ3v) is 4.10. The van der Waals surface area contributed by atoms with Crippen LogP contribution < -0.4 is 10.1 Å². The van der Waals surface area contributed by atoms with E-state index in [-0.39, 0.29) is 18.6 Å². The van der Waals surface area contributed by atoms with Crippen LogP contribution in [-0.4, -0.2) is 31.6 Å². The van der Waals surface area contributed by atoms with E-state index in [9.17, 15) is 9.59 Å². The molecule has 1 saturated carbocycles. The number of carbonyl (C=O) groups is 2. The van der Waals surface area contributed by atoms with E-state index in [0.29, 0.717) is 17.2 Å². The van der Waals surface area contributed by atoms with Crippen LogP contribution in [0.5, 0.6) is 5.75 Å². The van der Waals surface area contributed by atoms with Crippen LogP contribution in [0.3, 0.4) is 0 Å². The summed E-state index contributed by atoms with van der Waals surface area (Å²) in [5, 5.41) is 2.96. The first-order chi connectivity index (χ1) is 10.6. The molecule has 2 atom stereocenters. The molecule has 5 heteroatoms. The molecule has 0 aliphatic heterocycles. The molecule has 0 aromatic heterocycles. The van der Waals surface area contributed by atoms with E-state index in [1.807, 2.05) is 0 Å². The van der Waals surface area contributed by atoms with Gasteiger partial charge in [-0.25, -0.2) is 4.79 Å². The van der Waals surface area contributed by atoms with Crippen molar-refractivity contribution in [2.45, 2.75) is 38.6 Å². The third-order valence-electron chi connectivity index (χ3n) is 4.10. The number of esters is 1. The summed E-state index contributed by atoms with van der Waals surface area (Å²) < 4.78 is 10.1. The highest BCUT2D eigenvalue weighted by Crippen LogP contribution is 2.23. The van der Waals surface area contributed by atoms with Gasteiger partial charge in [0.25, 0.3) is 5.91 Å². The normalized spacial score (nSPS) is 21.0. The molecule has 120 valence electrons. The molecule has 0 spiro atoms. The molecule has 1 aliphatic rings. The largest absolute Gasteiger partial charge is 0.497 e. The van der Waals surface area contributed by atoms with E-state index in [2.05, 4.69) is 12.2 Å². The minimum atomic E-state index is -0.522. The van der Waals surface area contributed by atoms with Gasteiger partial charge >= 0.3 is 5.97 Å². The van der Waals surface area contributed by atoms with E-state index in [4.69, 9.17) is 9.47 Å². The summed E-state index contributed by atoms with van der Waals surface area (Å²) >= 11 is 0. The van der Waals surface area contributed by atoms with Gasteiger partial charge in [0.15, 0.2) is 6.61 Å². The molecule has 5 nitrogen and oxygen atoms in total. The molecule has 0 unspecified atom stereocenters. The summed E-state index contributed by atoms with van der Waals surface area (Å²) in [6.45, 7) is 1.89. The third kappa shape index (κ3) is 4.48. The molecule has 22 heavy (non-hydrogen) atoms. The summed E-state index contributed by atoms with van der Waals surface area (Å²) in [5.74, 6) is 0.294. The number of nitrogens with one attached hydrogen (secondary N) is 1. The van der Waals surface area contributed by atoms with Gasteiger partial charge in [-0.1, -0.05) is 25.8 Å². The van der Waals surface area contributed by atoms with Crippen LogP contribution in [0.4, 0.5) is 0 Å². The number of ether oxygens (including phenoxy) is 2. The zero-order valence-corrected chi connectivity index (χ0v) is 13.1. The van der Waals surface area contributed by atoms with E-state index >= 15 is 0 Å². The highest BCUT2D eigenvalue weighted by atomic mass is 16.5. The Morgan fingerprint density at radius 1 is 1.27 bits per heavy atom. The first-order valence-electron chi connectivity index (χ1n) is 7.70. The van der Waals surface area contributed by atoms with Gasteiger partial charge in [0.1, 0.15) is 5.75 Å². The summed E-state index contributed by atoms with van der Waals surface area (Å²) in [7, 11) is 1.53. The molecule has 1 N–H and O–H groups in total. The second-order valence-electron chi connectivity index (χ2n) is 5.74. The minimum Gasteiger partial charge on any atom is -0.497 e. The number of methoxy groups -OCH3 is 1. The highest BCUT2D eigenvalue weighted by molar-refractivity contribution is 5.91.